The molecule has 0 aliphatic rings. The van der Waals surface area contributed by atoms with Crippen LogP contribution in [0.5, 0.6) is 0 Å². The van der Waals surface area contributed by atoms with Crippen LogP contribution in [-0.4, -0.2) is 10.9 Å². The van der Waals surface area contributed by atoms with Crippen LogP contribution in [0, 0.1) is 0 Å². The normalized spacial score (nSPS) is 11.2. The molecular formula is C24H26N2O. The number of hydrogen-bond acceptors (Lipinski definition) is 2. The highest BCUT2D eigenvalue weighted by Gasteiger charge is 2.13. The predicted molar refractivity (Wildman–Crippen MR) is 110 cm³/mol. The minimum atomic E-state index is -0.0198. The van der Waals surface area contributed by atoms with Gasteiger partial charge < -0.3 is 5.32 Å². The number of pyridine rings is 1. The number of rotatable bonds is 5. The fourth-order valence-corrected chi connectivity index (χ4v) is 2.89. The van der Waals surface area contributed by atoms with E-state index in [0.717, 1.165) is 22.4 Å². The summed E-state index contributed by atoms with van der Waals surface area (Å²) in [5, 5.41) is 2.94. The monoisotopic (exact) mass is 358 g/mol. The molecule has 2 aromatic carbocycles. The minimum absolute atomic E-state index is 0.0198. The van der Waals surface area contributed by atoms with Crippen LogP contribution in [0.4, 0.5) is 0 Å². The highest BCUT2D eigenvalue weighted by molar-refractivity contribution is 5.78. The maximum Gasteiger partial charge on any atom is 0.226 e. The Bertz CT molecular complexity index is 876. The van der Waals surface area contributed by atoms with Crippen LogP contribution in [0.1, 0.15) is 37.6 Å². The molecule has 0 fully saturated rings. The molecule has 1 aromatic heterocycles. The molecule has 0 aliphatic heterocycles. The van der Waals surface area contributed by atoms with Crippen LogP contribution in [0.3, 0.4) is 0 Å². The molecule has 3 heteroatoms. The van der Waals surface area contributed by atoms with Crippen molar-refractivity contribution < 1.29 is 4.79 Å². The largest absolute Gasteiger partial charge is 0.352 e. The third-order valence-corrected chi connectivity index (χ3v) is 4.58. The summed E-state index contributed by atoms with van der Waals surface area (Å²) in [5.74, 6) is -0.0198. The van der Waals surface area contributed by atoms with E-state index in [-0.39, 0.29) is 17.7 Å². The Hall–Kier alpha value is -2.94. The molecule has 3 aromatic rings. The summed E-state index contributed by atoms with van der Waals surface area (Å²) in [5.41, 5.74) is 5.52. The summed E-state index contributed by atoms with van der Waals surface area (Å²) in [6, 6.07) is 22.4. The van der Waals surface area contributed by atoms with E-state index in [4.69, 9.17) is 0 Å². The van der Waals surface area contributed by atoms with E-state index in [2.05, 4.69) is 55.3 Å². The molecule has 27 heavy (non-hydrogen) atoms. The van der Waals surface area contributed by atoms with E-state index in [1.165, 1.54) is 5.56 Å². The van der Waals surface area contributed by atoms with Crippen molar-refractivity contribution in [1.82, 2.24) is 10.3 Å². The van der Waals surface area contributed by atoms with Crippen molar-refractivity contribution in [3.05, 3.63) is 89.7 Å². The molecule has 0 saturated heterocycles. The van der Waals surface area contributed by atoms with Crippen LogP contribution in [0.15, 0.2) is 72.9 Å². The Kier molecular flexibility index (Phi) is 5.70. The SMILES string of the molecule is CC(C)(C)c1ccc(-c2ccc(CC(=O)NCc3ccccc3)nc2)cc1. The second kappa shape index (κ2) is 8.17. The molecule has 0 bridgehead atoms. The molecule has 1 N–H and O–H groups in total. The number of carbonyl (C=O) groups is 1. The van der Waals surface area contributed by atoms with E-state index in [1.807, 2.05) is 48.7 Å². The van der Waals surface area contributed by atoms with Gasteiger partial charge in [-0.2, -0.15) is 0 Å². The van der Waals surface area contributed by atoms with Crippen LogP contribution >= 0.6 is 0 Å². The van der Waals surface area contributed by atoms with Crippen molar-refractivity contribution in [3.63, 3.8) is 0 Å². The molecule has 0 unspecified atom stereocenters. The van der Waals surface area contributed by atoms with Crippen molar-refractivity contribution >= 4 is 5.91 Å². The second-order valence-electron chi connectivity index (χ2n) is 7.80. The molecule has 1 heterocycles. The number of amides is 1. The zero-order valence-electron chi connectivity index (χ0n) is 16.2. The average Bonchev–Trinajstić information content (AvgIpc) is 2.67. The molecule has 3 nitrogen and oxygen atoms in total. The fourth-order valence-electron chi connectivity index (χ4n) is 2.89. The Morgan fingerprint density at radius 3 is 2.15 bits per heavy atom. The number of hydrogen-bond donors (Lipinski definition) is 1. The molecule has 1 amide bonds. The summed E-state index contributed by atoms with van der Waals surface area (Å²) in [6.07, 6.45) is 2.13. The maximum atomic E-state index is 12.1. The summed E-state index contributed by atoms with van der Waals surface area (Å²) >= 11 is 0. The molecule has 0 spiro atoms. The quantitative estimate of drug-likeness (QED) is 0.704. The topological polar surface area (TPSA) is 42.0 Å². The molecular weight excluding hydrogens is 332 g/mol. The summed E-state index contributed by atoms with van der Waals surface area (Å²) < 4.78 is 0. The van der Waals surface area contributed by atoms with Gasteiger partial charge in [-0.05, 0) is 28.2 Å². The summed E-state index contributed by atoms with van der Waals surface area (Å²) in [6.45, 7) is 7.17. The molecule has 138 valence electrons. The van der Waals surface area contributed by atoms with Crippen LogP contribution in [0.25, 0.3) is 11.1 Å². The maximum absolute atomic E-state index is 12.1. The first-order chi connectivity index (χ1) is 12.9. The third-order valence-electron chi connectivity index (χ3n) is 4.58. The fraction of sp³-hybridized carbons (Fsp3) is 0.250. The number of nitrogens with one attached hydrogen (secondary N) is 1. The van der Waals surface area contributed by atoms with Gasteiger partial charge in [0.25, 0.3) is 0 Å². The first kappa shape index (κ1) is 18.8. The van der Waals surface area contributed by atoms with Gasteiger partial charge in [-0.25, -0.2) is 0 Å². The van der Waals surface area contributed by atoms with Crippen molar-refractivity contribution in [2.75, 3.05) is 0 Å². The van der Waals surface area contributed by atoms with E-state index >= 15 is 0 Å². The van der Waals surface area contributed by atoms with E-state index < -0.39 is 0 Å². The highest BCUT2D eigenvalue weighted by atomic mass is 16.1. The zero-order valence-corrected chi connectivity index (χ0v) is 16.2. The van der Waals surface area contributed by atoms with Crippen LogP contribution < -0.4 is 5.32 Å². The van der Waals surface area contributed by atoms with E-state index in [0.29, 0.717) is 6.54 Å². The van der Waals surface area contributed by atoms with Crippen molar-refractivity contribution in [2.45, 2.75) is 39.2 Å². The first-order valence-corrected chi connectivity index (χ1v) is 9.28. The Morgan fingerprint density at radius 1 is 0.889 bits per heavy atom. The van der Waals surface area contributed by atoms with Gasteiger partial charge >= 0.3 is 0 Å². The molecule has 0 saturated carbocycles. The van der Waals surface area contributed by atoms with Crippen molar-refractivity contribution in [1.29, 1.82) is 0 Å². The Labute approximate surface area is 161 Å². The summed E-state index contributed by atoms with van der Waals surface area (Å²) in [7, 11) is 0. The lowest BCUT2D eigenvalue weighted by atomic mass is 9.86. The van der Waals surface area contributed by atoms with Gasteiger partial charge in [0.15, 0.2) is 0 Å². The number of benzene rings is 2. The highest BCUT2D eigenvalue weighted by Crippen LogP contribution is 2.25. The lowest BCUT2D eigenvalue weighted by molar-refractivity contribution is -0.120. The smallest absolute Gasteiger partial charge is 0.226 e. The molecule has 0 aliphatic carbocycles. The van der Waals surface area contributed by atoms with Gasteiger partial charge in [0, 0.05) is 24.0 Å². The summed E-state index contributed by atoms with van der Waals surface area (Å²) in [4.78, 5) is 16.6. The number of nitrogens with zero attached hydrogens (tertiary/aromatic N) is 1. The third kappa shape index (κ3) is 5.27. The van der Waals surface area contributed by atoms with Gasteiger partial charge in [0.05, 0.1) is 6.42 Å². The predicted octanol–water partition coefficient (Wildman–Crippen LogP) is 4.91. The molecule has 0 atom stereocenters. The van der Waals surface area contributed by atoms with E-state index in [1.54, 1.807) is 0 Å². The van der Waals surface area contributed by atoms with Crippen molar-refractivity contribution in [2.24, 2.45) is 0 Å². The first-order valence-electron chi connectivity index (χ1n) is 9.28. The number of carbonyl (C=O) groups excluding carboxylic acids is 1. The second-order valence-corrected chi connectivity index (χ2v) is 7.80. The minimum Gasteiger partial charge on any atom is -0.352 e. The molecule has 3 rings (SSSR count). The Morgan fingerprint density at radius 2 is 1.56 bits per heavy atom. The van der Waals surface area contributed by atoms with Gasteiger partial charge in [-0.3, -0.25) is 9.78 Å². The zero-order chi connectivity index (χ0) is 19.3. The van der Waals surface area contributed by atoms with Crippen LogP contribution in [0.2, 0.25) is 0 Å². The standard InChI is InChI=1S/C24H26N2O/c1-24(2,3)21-12-9-19(10-13-21)20-11-14-22(25-17-20)15-23(27)26-16-18-7-5-4-6-8-18/h4-14,17H,15-16H2,1-3H3,(H,26,27). The Balaban J connectivity index is 1.59. The van der Waals surface area contributed by atoms with Crippen molar-refractivity contribution in [3.8, 4) is 11.1 Å². The van der Waals surface area contributed by atoms with Gasteiger partial charge in [0.2, 0.25) is 5.91 Å². The average molecular weight is 358 g/mol. The van der Waals surface area contributed by atoms with Gasteiger partial charge in [0.1, 0.15) is 0 Å². The lowest BCUT2D eigenvalue weighted by Gasteiger charge is -2.19. The number of aromatic nitrogens is 1. The van der Waals surface area contributed by atoms with E-state index in [9.17, 15) is 4.79 Å². The van der Waals surface area contributed by atoms with Gasteiger partial charge in [-0.15, -0.1) is 0 Å². The van der Waals surface area contributed by atoms with Gasteiger partial charge in [-0.1, -0.05) is 81.4 Å². The molecule has 0 radical (unpaired) electrons. The van der Waals surface area contributed by atoms with Crippen LogP contribution in [-0.2, 0) is 23.2 Å². The lowest BCUT2D eigenvalue weighted by Crippen LogP contribution is -2.24.